The summed E-state index contributed by atoms with van der Waals surface area (Å²) < 4.78 is 5.91. The second-order valence-electron chi connectivity index (χ2n) is 6.44. The van der Waals surface area contributed by atoms with Gasteiger partial charge in [0.05, 0.1) is 6.61 Å². The van der Waals surface area contributed by atoms with Crippen molar-refractivity contribution in [1.82, 2.24) is 5.32 Å². The van der Waals surface area contributed by atoms with Crippen molar-refractivity contribution in [1.29, 1.82) is 0 Å². The molecule has 0 unspecified atom stereocenters. The molecule has 2 rings (SSSR count). The number of amides is 2. The predicted molar refractivity (Wildman–Crippen MR) is 101 cm³/mol. The number of aliphatic carboxylic acids is 1. The molecule has 0 saturated carbocycles. The molecule has 0 aliphatic carbocycles. The molecule has 2 amide bonds. The maximum atomic E-state index is 12.2. The number of carboxylic acid groups (broad SMARTS) is 1. The Kier molecular flexibility index (Phi) is 6.20. The van der Waals surface area contributed by atoms with Crippen LogP contribution in [0, 0.1) is 0 Å². The third-order valence-corrected chi connectivity index (χ3v) is 4.76. The first kappa shape index (κ1) is 19.7. The van der Waals surface area contributed by atoms with Crippen molar-refractivity contribution in [3.8, 4) is 0 Å². The van der Waals surface area contributed by atoms with Gasteiger partial charge in [0.25, 0.3) is 0 Å². The molecule has 8 heteroatoms. The molecule has 2 aromatic rings. The van der Waals surface area contributed by atoms with Gasteiger partial charge in [0, 0.05) is 22.3 Å². The van der Waals surface area contributed by atoms with Crippen LogP contribution in [0.25, 0.3) is 10.1 Å². The van der Waals surface area contributed by atoms with Gasteiger partial charge in [0.2, 0.25) is 0 Å². The van der Waals surface area contributed by atoms with Crippen LogP contribution in [0.1, 0.15) is 43.3 Å². The Morgan fingerprint density at radius 3 is 2.62 bits per heavy atom. The number of urea groups is 1. The molecule has 1 aromatic heterocycles. The van der Waals surface area contributed by atoms with Crippen molar-refractivity contribution < 1.29 is 24.2 Å². The minimum absolute atomic E-state index is 0.0230. The van der Waals surface area contributed by atoms with E-state index in [1.54, 1.807) is 39.0 Å². The first-order chi connectivity index (χ1) is 12.2. The van der Waals surface area contributed by atoms with Crippen molar-refractivity contribution in [2.24, 2.45) is 0 Å². The van der Waals surface area contributed by atoms with Gasteiger partial charge >= 0.3 is 18.0 Å². The number of thiophene rings is 1. The Bertz CT molecular complexity index is 828. The predicted octanol–water partition coefficient (Wildman–Crippen LogP) is 3.84. The zero-order valence-corrected chi connectivity index (χ0v) is 15.7. The monoisotopic (exact) mass is 378 g/mol. The number of benzene rings is 1. The normalized spacial score (nSPS) is 11.2. The van der Waals surface area contributed by atoms with E-state index in [9.17, 15) is 14.4 Å². The number of fused-ring (bicyclic) bond motifs is 1. The lowest BCUT2D eigenvalue weighted by molar-refractivity contribution is -0.137. The van der Waals surface area contributed by atoms with Gasteiger partial charge in [-0.3, -0.25) is 4.79 Å². The van der Waals surface area contributed by atoms with E-state index in [2.05, 4.69) is 10.6 Å². The summed E-state index contributed by atoms with van der Waals surface area (Å²) in [5.41, 5.74) is -0.0660. The number of carbonyl (C=O) groups excluding carboxylic acids is 2. The summed E-state index contributed by atoms with van der Waals surface area (Å²) in [4.78, 5) is 35.2. The van der Waals surface area contributed by atoms with Crippen molar-refractivity contribution in [3.63, 3.8) is 0 Å². The molecule has 1 heterocycles. The second kappa shape index (κ2) is 8.18. The smallest absolute Gasteiger partial charge is 0.348 e. The number of carboxylic acids is 1. The standard InChI is InChI=1S/C18H22N2O5S/c1-4-25-16(23)14-10-11-9-12(5-6-13(11)26-14)19-17(24)20-18(2,3)8-7-15(21)22/h5-6,9-10H,4,7-8H2,1-3H3,(H,21,22)(H2,19,20,24). The van der Waals surface area contributed by atoms with Gasteiger partial charge in [-0.05, 0) is 56.8 Å². The van der Waals surface area contributed by atoms with Crippen LogP contribution in [0.4, 0.5) is 10.5 Å². The van der Waals surface area contributed by atoms with Gasteiger partial charge in [-0.25, -0.2) is 9.59 Å². The van der Waals surface area contributed by atoms with Gasteiger partial charge < -0.3 is 20.5 Å². The molecular formula is C18H22N2O5S. The van der Waals surface area contributed by atoms with Crippen LogP contribution in [0.5, 0.6) is 0 Å². The summed E-state index contributed by atoms with van der Waals surface area (Å²) in [5.74, 6) is -1.26. The quantitative estimate of drug-likeness (QED) is 0.635. The minimum atomic E-state index is -0.902. The first-order valence-corrected chi connectivity index (χ1v) is 9.03. The van der Waals surface area contributed by atoms with Crippen molar-refractivity contribution in [2.75, 3.05) is 11.9 Å². The highest BCUT2D eigenvalue weighted by Crippen LogP contribution is 2.28. The van der Waals surface area contributed by atoms with Crippen molar-refractivity contribution in [2.45, 2.75) is 39.2 Å². The van der Waals surface area contributed by atoms with Crippen LogP contribution in [0.15, 0.2) is 24.3 Å². The zero-order valence-electron chi connectivity index (χ0n) is 14.9. The fourth-order valence-electron chi connectivity index (χ4n) is 2.38. The average Bonchev–Trinajstić information content (AvgIpc) is 2.96. The van der Waals surface area contributed by atoms with E-state index in [0.717, 1.165) is 10.1 Å². The summed E-state index contributed by atoms with van der Waals surface area (Å²) in [6.45, 7) is 5.61. The molecule has 0 radical (unpaired) electrons. The number of ether oxygens (including phenoxy) is 1. The van der Waals surface area contributed by atoms with E-state index in [1.807, 2.05) is 6.07 Å². The number of carbonyl (C=O) groups is 3. The third-order valence-electron chi connectivity index (χ3n) is 3.67. The van der Waals surface area contributed by atoms with E-state index in [0.29, 0.717) is 23.6 Å². The summed E-state index contributed by atoms with van der Waals surface area (Å²) >= 11 is 1.33. The number of hydrogen-bond acceptors (Lipinski definition) is 5. The Balaban J connectivity index is 2.04. The molecule has 140 valence electrons. The summed E-state index contributed by atoms with van der Waals surface area (Å²) in [6.07, 6.45) is 0.299. The van der Waals surface area contributed by atoms with Crippen LogP contribution in [0.2, 0.25) is 0 Å². The van der Waals surface area contributed by atoms with Gasteiger partial charge in [0.1, 0.15) is 4.88 Å². The molecule has 26 heavy (non-hydrogen) atoms. The fraction of sp³-hybridized carbons (Fsp3) is 0.389. The molecular weight excluding hydrogens is 356 g/mol. The number of hydrogen-bond donors (Lipinski definition) is 3. The molecule has 0 spiro atoms. The fourth-order valence-corrected chi connectivity index (χ4v) is 3.31. The van der Waals surface area contributed by atoms with E-state index in [-0.39, 0.29) is 12.4 Å². The number of nitrogens with one attached hydrogen (secondary N) is 2. The lowest BCUT2D eigenvalue weighted by atomic mass is 9.99. The molecule has 7 nitrogen and oxygen atoms in total. The van der Waals surface area contributed by atoms with Gasteiger partial charge in [-0.15, -0.1) is 11.3 Å². The molecule has 0 atom stereocenters. The van der Waals surface area contributed by atoms with E-state index in [1.165, 1.54) is 11.3 Å². The number of anilines is 1. The largest absolute Gasteiger partial charge is 0.481 e. The minimum Gasteiger partial charge on any atom is -0.481 e. The van der Waals surface area contributed by atoms with Gasteiger partial charge in [-0.1, -0.05) is 0 Å². The lowest BCUT2D eigenvalue weighted by Crippen LogP contribution is -2.45. The zero-order chi connectivity index (χ0) is 19.3. The highest BCUT2D eigenvalue weighted by molar-refractivity contribution is 7.20. The van der Waals surface area contributed by atoms with Crippen molar-refractivity contribution >= 4 is 45.1 Å². The highest BCUT2D eigenvalue weighted by Gasteiger charge is 2.21. The van der Waals surface area contributed by atoms with E-state index < -0.39 is 17.5 Å². The Morgan fingerprint density at radius 2 is 1.96 bits per heavy atom. The van der Waals surface area contributed by atoms with Crippen LogP contribution in [-0.2, 0) is 9.53 Å². The third kappa shape index (κ3) is 5.45. The highest BCUT2D eigenvalue weighted by atomic mass is 32.1. The number of esters is 1. The van der Waals surface area contributed by atoms with Crippen LogP contribution in [0.3, 0.4) is 0 Å². The molecule has 0 aliphatic rings. The van der Waals surface area contributed by atoms with Gasteiger partial charge in [-0.2, -0.15) is 0 Å². The summed E-state index contributed by atoms with van der Waals surface area (Å²) in [7, 11) is 0. The van der Waals surface area contributed by atoms with E-state index in [4.69, 9.17) is 9.84 Å². The van der Waals surface area contributed by atoms with Crippen LogP contribution >= 0.6 is 11.3 Å². The van der Waals surface area contributed by atoms with Gasteiger partial charge in [0.15, 0.2) is 0 Å². The number of rotatable bonds is 7. The summed E-state index contributed by atoms with van der Waals surface area (Å²) in [5, 5.41) is 15.1. The Labute approximate surface area is 155 Å². The van der Waals surface area contributed by atoms with Crippen LogP contribution < -0.4 is 10.6 Å². The molecule has 0 fully saturated rings. The molecule has 3 N–H and O–H groups in total. The molecule has 0 saturated heterocycles. The maximum Gasteiger partial charge on any atom is 0.348 e. The second-order valence-corrected chi connectivity index (χ2v) is 7.52. The molecule has 1 aromatic carbocycles. The topological polar surface area (TPSA) is 105 Å². The molecule has 0 aliphatic heterocycles. The van der Waals surface area contributed by atoms with Crippen molar-refractivity contribution in [3.05, 3.63) is 29.1 Å². The maximum absolute atomic E-state index is 12.2. The van der Waals surface area contributed by atoms with E-state index >= 15 is 0 Å². The SMILES string of the molecule is CCOC(=O)c1cc2cc(NC(=O)NC(C)(C)CCC(=O)O)ccc2s1. The lowest BCUT2D eigenvalue weighted by Gasteiger charge is -2.25. The average molecular weight is 378 g/mol. The Hall–Kier alpha value is -2.61. The first-order valence-electron chi connectivity index (χ1n) is 8.22. The molecule has 0 bridgehead atoms. The van der Waals surface area contributed by atoms with Crippen LogP contribution in [-0.4, -0.2) is 35.2 Å². The Morgan fingerprint density at radius 1 is 1.23 bits per heavy atom. The summed E-state index contributed by atoms with van der Waals surface area (Å²) in [6, 6.07) is 6.67.